The van der Waals surface area contributed by atoms with Crippen molar-refractivity contribution in [1.29, 1.82) is 0 Å². The van der Waals surface area contributed by atoms with Gasteiger partial charge in [-0.2, -0.15) is 0 Å². The second kappa shape index (κ2) is 18.6. The van der Waals surface area contributed by atoms with Crippen LogP contribution in [0.25, 0.3) is 0 Å². The van der Waals surface area contributed by atoms with Crippen molar-refractivity contribution >= 4 is 18.3 Å². The van der Waals surface area contributed by atoms with Crippen LogP contribution in [0.5, 0.6) is 0 Å². The van der Waals surface area contributed by atoms with Gasteiger partial charge < -0.3 is 67.5 Å². The molecule has 4 heterocycles. The number of fused-ring (bicyclic) bond motifs is 2. The van der Waals surface area contributed by atoms with Gasteiger partial charge in [0.2, 0.25) is 0 Å². The van der Waals surface area contributed by atoms with Crippen molar-refractivity contribution in [2.24, 2.45) is 0 Å². The van der Waals surface area contributed by atoms with Gasteiger partial charge in [-0.15, -0.1) is 13.2 Å². The molecule has 0 saturated carbocycles. The molecule has 2 aromatic rings. The fraction of sp³-hybridized carbons (Fsp3) is 0.486. The number of carbonyl (C=O) groups is 3. The first kappa shape index (κ1) is 39.1. The molecule has 0 aromatic heterocycles. The van der Waals surface area contributed by atoms with Gasteiger partial charge in [-0.05, 0) is 0 Å². The minimum Gasteiger partial charge on any atom is -0.438 e. The number of methoxy groups -OCH3 is 2. The predicted molar refractivity (Wildman–Crippen MR) is 183 cm³/mol. The number of amides is 2. The minimum atomic E-state index is -1.22. The van der Waals surface area contributed by atoms with Crippen LogP contribution >= 0.6 is 0 Å². The maximum atomic E-state index is 14.2. The van der Waals surface area contributed by atoms with E-state index in [9.17, 15) is 14.4 Å². The minimum absolute atomic E-state index is 0.00911. The van der Waals surface area contributed by atoms with E-state index in [0.717, 1.165) is 14.2 Å². The first-order valence-electron chi connectivity index (χ1n) is 17.3. The van der Waals surface area contributed by atoms with E-state index in [1.54, 1.807) is 0 Å². The molecule has 0 radical (unpaired) electrons. The molecule has 54 heavy (non-hydrogen) atoms. The molecule has 2 unspecified atom stereocenters. The van der Waals surface area contributed by atoms with Gasteiger partial charge in [0.15, 0.2) is 37.4 Å². The Bertz CT molecular complexity index is 1450. The van der Waals surface area contributed by atoms with E-state index in [4.69, 9.17) is 56.8 Å². The summed E-state index contributed by atoms with van der Waals surface area (Å²) >= 11 is 0. The molecule has 17 nitrogen and oxygen atoms in total. The highest BCUT2D eigenvalue weighted by Crippen LogP contribution is 2.38. The summed E-state index contributed by atoms with van der Waals surface area (Å²) in [6, 6.07) is 15.1. The zero-order valence-corrected chi connectivity index (χ0v) is 29.7. The van der Waals surface area contributed by atoms with Gasteiger partial charge in [-0.3, -0.25) is 0 Å². The van der Waals surface area contributed by atoms with Crippen molar-refractivity contribution in [2.45, 2.75) is 73.9 Å². The van der Waals surface area contributed by atoms with Gasteiger partial charge in [0.25, 0.3) is 0 Å². The van der Waals surface area contributed by atoms with E-state index in [1.165, 1.54) is 12.2 Å². The molecule has 292 valence electrons. The van der Waals surface area contributed by atoms with Crippen LogP contribution in [-0.2, 0) is 56.8 Å². The monoisotopic (exact) mass is 756 g/mol. The average molecular weight is 757 g/mol. The Labute approximate surface area is 311 Å². The van der Waals surface area contributed by atoms with Crippen LogP contribution in [-0.4, -0.2) is 120 Å². The highest BCUT2D eigenvalue weighted by molar-refractivity contribution is 5.75. The Hall–Kier alpha value is -4.59. The zero-order valence-electron chi connectivity index (χ0n) is 29.7. The van der Waals surface area contributed by atoms with Crippen molar-refractivity contribution in [3.8, 4) is 0 Å². The van der Waals surface area contributed by atoms with Crippen LogP contribution < -0.4 is 10.6 Å². The lowest BCUT2D eigenvalue weighted by Crippen LogP contribution is -2.71. The Morgan fingerprint density at radius 1 is 0.667 bits per heavy atom. The average Bonchev–Trinajstić information content (AvgIpc) is 3.21. The molecule has 0 aliphatic carbocycles. The van der Waals surface area contributed by atoms with Crippen molar-refractivity contribution in [3.63, 3.8) is 0 Å². The predicted octanol–water partition coefficient (Wildman–Crippen LogP) is 3.41. The largest absolute Gasteiger partial charge is 0.508 e. The van der Waals surface area contributed by atoms with Crippen LogP contribution in [0.3, 0.4) is 0 Å². The lowest BCUT2D eigenvalue weighted by molar-refractivity contribution is -0.344. The lowest BCUT2D eigenvalue weighted by atomic mass is 9.94. The molecule has 6 rings (SSSR count). The molecule has 2 amide bonds. The summed E-state index contributed by atoms with van der Waals surface area (Å²) in [6.07, 6.45) is -9.10. The fourth-order valence-electron chi connectivity index (χ4n) is 6.56. The topological polar surface area (TPSA) is 186 Å². The first-order valence-corrected chi connectivity index (χ1v) is 17.3. The quantitative estimate of drug-likeness (QED) is 0.237. The van der Waals surface area contributed by atoms with E-state index in [2.05, 4.69) is 23.8 Å². The summed E-state index contributed by atoms with van der Waals surface area (Å²) in [5, 5.41) is 5.61. The third kappa shape index (κ3) is 9.19. The number of hydrogen-bond donors (Lipinski definition) is 2. The maximum Gasteiger partial charge on any atom is 0.508 e. The number of nitrogens with one attached hydrogen (secondary N) is 2. The zero-order chi connectivity index (χ0) is 38.0. The summed E-state index contributed by atoms with van der Waals surface area (Å²) in [7, 11) is 2.30. The Morgan fingerprint density at radius 2 is 1.07 bits per heavy atom. The number of rotatable bonds is 12. The molecular weight excluding hydrogens is 712 g/mol. The standard InChI is InChI=1S/C37H44N2O15/c1-5-17-45-33-25(29(53-36(41)43-3)27-23(49-33)19-47-31(51-27)21-13-9-7-10-14-21)38-35(40)39-26-30(54-37(42)44-4)28-24(50-34(26)46-18-6-2)20-48-32(52-28)22-15-11-8-12-16-22/h5-16,23-34H,1-2,17-20H2,3-4H3,(H2,38,39,40)/t23-,24-,25-,26-,27-,28-,29-,30-,31?,32?,33+,34+/m1/s1. The first-order chi connectivity index (χ1) is 26.3. The normalized spacial score (nSPS) is 33.1. The molecule has 4 aliphatic heterocycles. The summed E-state index contributed by atoms with van der Waals surface area (Å²) in [5.41, 5.74) is 1.42. The number of benzene rings is 2. The Kier molecular flexibility index (Phi) is 13.5. The molecule has 4 fully saturated rings. The number of ether oxygens (including phenoxy) is 12. The molecule has 0 spiro atoms. The van der Waals surface area contributed by atoms with Crippen molar-refractivity contribution < 1.29 is 71.2 Å². The smallest absolute Gasteiger partial charge is 0.438 e. The van der Waals surface area contributed by atoms with Crippen LogP contribution in [0.2, 0.25) is 0 Å². The van der Waals surface area contributed by atoms with E-state index in [-0.39, 0.29) is 26.4 Å². The molecule has 2 aromatic carbocycles. The van der Waals surface area contributed by atoms with Gasteiger partial charge in [0.1, 0.15) is 36.5 Å². The number of hydrogen-bond acceptors (Lipinski definition) is 15. The van der Waals surface area contributed by atoms with Crippen LogP contribution in [0.15, 0.2) is 86.0 Å². The van der Waals surface area contributed by atoms with Crippen LogP contribution in [0, 0.1) is 0 Å². The van der Waals surface area contributed by atoms with Gasteiger partial charge in [-0.1, -0.05) is 72.8 Å². The van der Waals surface area contributed by atoms with Gasteiger partial charge in [0.05, 0.1) is 40.6 Å². The molecular formula is C37H44N2O15. The van der Waals surface area contributed by atoms with Crippen LogP contribution in [0.1, 0.15) is 23.7 Å². The number of urea groups is 1. The molecule has 17 heteroatoms. The highest BCUT2D eigenvalue weighted by atomic mass is 16.8. The van der Waals surface area contributed by atoms with E-state index in [1.807, 2.05) is 60.7 Å². The summed E-state index contributed by atoms with van der Waals surface area (Å²) < 4.78 is 70.0. The second-order valence-electron chi connectivity index (χ2n) is 12.4. The molecule has 4 saturated heterocycles. The molecule has 0 bridgehead atoms. The lowest BCUT2D eigenvalue weighted by Gasteiger charge is -2.49. The van der Waals surface area contributed by atoms with E-state index in [0.29, 0.717) is 11.1 Å². The Morgan fingerprint density at radius 3 is 1.44 bits per heavy atom. The fourth-order valence-corrected chi connectivity index (χ4v) is 6.56. The number of carbonyl (C=O) groups excluding carboxylic acids is 3. The van der Waals surface area contributed by atoms with Crippen molar-refractivity contribution in [3.05, 3.63) is 97.1 Å². The van der Waals surface area contributed by atoms with Crippen molar-refractivity contribution in [1.82, 2.24) is 10.6 Å². The third-order valence-corrected chi connectivity index (χ3v) is 8.97. The maximum absolute atomic E-state index is 14.2. The molecule has 4 aliphatic rings. The SMILES string of the molecule is C=CCO[C@H]1O[C@@H]2COC(c3ccccc3)O[C@H]2[C@H](OC(=O)OC)[C@H]1NC(=O)N[C@H]1[C@@H](OCC=C)O[C@@H]2COC(c3ccccc3)O[C@H]2[C@@H]1OC(=O)OC. The summed E-state index contributed by atoms with van der Waals surface area (Å²) in [6.45, 7) is 7.51. The summed E-state index contributed by atoms with van der Waals surface area (Å²) in [4.78, 5) is 39.5. The van der Waals surface area contributed by atoms with Gasteiger partial charge in [0, 0.05) is 11.1 Å². The van der Waals surface area contributed by atoms with Crippen molar-refractivity contribution in [2.75, 3.05) is 40.6 Å². The van der Waals surface area contributed by atoms with E-state index >= 15 is 0 Å². The molecule has 2 N–H and O–H groups in total. The highest BCUT2D eigenvalue weighted by Gasteiger charge is 2.55. The third-order valence-electron chi connectivity index (χ3n) is 8.97. The Balaban J connectivity index is 1.28. The molecule has 12 atom stereocenters. The second-order valence-corrected chi connectivity index (χ2v) is 12.4. The van der Waals surface area contributed by atoms with Gasteiger partial charge in [-0.25, -0.2) is 14.4 Å². The summed E-state index contributed by atoms with van der Waals surface area (Å²) in [5.74, 6) is 0. The van der Waals surface area contributed by atoms with Gasteiger partial charge >= 0.3 is 18.3 Å². The van der Waals surface area contributed by atoms with Crippen LogP contribution in [0.4, 0.5) is 14.4 Å². The van der Waals surface area contributed by atoms with E-state index < -0.39 is 92.2 Å².